The molecule has 138 valence electrons. The SMILES string of the molecule is CCN1C(=O)S[C@@H](N(CCN2C(=O)CSC2=O)c2cccc(C)c2)C1=O. The van der Waals surface area contributed by atoms with Gasteiger partial charge in [0.2, 0.25) is 5.91 Å². The lowest BCUT2D eigenvalue weighted by atomic mass is 10.2. The fraction of sp³-hybridized carbons (Fsp3) is 0.412. The maximum absolute atomic E-state index is 12.7. The molecule has 0 aliphatic carbocycles. The van der Waals surface area contributed by atoms with Crippen molar-refractivity contribution in [3.8, 4) is 0 Å². The Bertz CT molecular complexity index is 754. The molecule has 0 radical (unpaired) electrons. The lowest BCUT2D eigenvalue weighted by Crippen LogP contribution is -2.45. The highest BCUT2D eigenvalue weighted by Gasteiger charge is 2.43. The maximum Gasteiger partial charge on any atom is 0.290 e. The molecule has 0 saturated carbocycles. The molecule has 3 rings (SSSR count). The Morgan fingerprint density at radius 1 is 1.15 bits per heavy atom. The summed E-state index contributed by atoms with van der Waals surface area (Å²) in [4.78, 5) is 52.7. The van der Waals surface area contributed by atoms with Crippen LogP contribution in [0.5, 0.6) is 0 Å². The van der Waals surface area contributed by atoms with E-state index >= 15 is 0 Å². The van der Waals surface area contributed by atoms with Gasteiger partial charge in [0.05, 0.1) is 5.75 Å². The van der Waals surface area contributed by atoms with Crippen LogP contribution in [0.25, 0.3) is 0 Å². The third-order valence-corrected chi connectivity index (χ3v) is 6.21. The van der Waals surface area contributed by atoms with Gasteiger partial charge in [0.1, 0.15) is 0 Å². The van der Waals surface area contributed by atoms with Crippen LogP contribution in [0, 0.1) is 6.92 Å². The normalized spacial score (nSPS) is 20.5. The smallest absolute Gasteiger partial charge is 0.290 e. The van der Waals surface area contributed by atoms with Gasteiger partial charge in [-0.05, 0) is 43.3 Å². The Hall–Kier alpha value is -2.00. The lowest BCUT2D eigenvalue weighted by Gasteiger charge is -2.30. The number of hydrogen-bond donors (Lipinski definition) is 0. The topological polar surface area (TPSA) is 78.0 Å². The van der Waals surface area contributed by atoms with E-state index in [1.807, 2.05) is 31.2 Å². The van der Waals surface area contributed by atoms with Crippen LogP contribution in [0.3, 0.4) is 0 Å². The number of carbonyl (C=O) groups is 4. The van der Waals surface area contributed by atoms with Crippen molar-refractivity contribution >= 4 is 51.5 Å². The van der Waals surface area contributed by atoms with Crippen molar-refractivity contribution in [3.63, 3.8) is 0 Å². The molecule has 26 heavy (non-hydrogen) atoms. The maximum atomic E-state index is 12.7. The van der Waals surface area contributed by atoms with Crippen LogP contribution in [-0.2, 0) is 9.59 Å². The van der Waals surface area contributed by atoms with Crippen LogP contribution in [-0.4, -0.2) is 62.9 Å². The highest BCUT2D eigenvalue weighted by Crippen LogP contribution is 2.33. The van der Waals surface area contributed by atoms with E-state index in [1.54, 1.807) is 11.8 Å². The molecule has 1 atom stereocenters. The summed E-state index contributed by atoms with van der Waals surface area (Å²) in [5.74, 6) is -0.332. The number of rotatable bonds is 6. The second-order valence-electron chi connectivity index (χ2n) is 5.95. The second kappa shape index (κ2) is 7.71. The Kier molecular flexibility index (Phi) is 5.57. The van der Waals surface area contributed by atoms with E-state index in [4.69, 9.17) is 0 Å². The highest BCUT2D eigenvalue weighted by molar-refractivity contribution is 8.15. The van der Waals surface area contributed by atoms with Gasteiger partial charge in [0.25, 0.3) is 16.4 Å². The molecule has 7 nitrogen and oxygen atoms in total. The van der Waals surface area contributed by atoms with Crippen LogP contribution in [0.15, 0.2) is 24.3 Å². The predicted octanol–water partition coefficient (Wildman–Crippen LogP) is 2.54. The average Bonchev–Trinajstić information content (AvgIpc) is 3.07. The van der Waals surface area contributed by atoms with Crippen molar-refractivity contribution in [1.29, 1.82) is 0 Å². The summed E-state index contributed by atoms with van der Waals surface area (Å²) in [7, 11) is 0. The minimum atomic E-state index is -0.690. The molecule has 1 aromatic rings. The first-order chi connectivity index (χ1) is 12.4. The molecule has 9 heteroatoms. The molecule has 2 aliphatic rings. The van der Waals surface area contributed by atoms with Gasteiger partial charge < -0.3 is 4.90 Å². The number of nitrogens with zero attached hydrogens (tertiary/aromatic N) is 3. The van der Waals surface area contributed by atoms with Crippen molar-refractivity contribution < 1.29 is 19.2 Å². The van der Waals surface area contributed by atoms with Gasteiger partial charge in [-0.1, -0.05) is 23.9 Å². The number of anilines is 1. The van der Waals surface area contributed by atoms with E-state index in [9.17, 15) is 19.2 Å². The summed E-state index contributed by atoms with van der Waals surface area (Å²) in [5, 5.41) is -1.23. The Labute approximate surface area is 160 Å². The molecule has 1 aromatic carbocycles. The minimum absolute atomic E-state index is 0.155. The lowest BCUT2D eigenvalue weighted by molar-refractivity contribution is -0.126. The molecule has 0 bridgehead atoms. The summed E-state index contributed by atoms with van der Waals surface area (Å²) in [6.07, 6.45) is 0. The molecule has 2 fully saturated rings. The van der Waals surface area contributed by atoms with Crippen molar-refractivity contribution in [2.75, 3.05) is 30.3 Å². The molecular weight excluding hydrogens is 374 g/mol. The highest BCUT2D eigenvalue weighted by atomic mass is 32.2. The quantitative estimate of drug-likeness (QED) is 0.735. The van der Waals surface area contributed by atoms with Gasteiger partial charge in [-0.2, -0.15) is 0 Å². The minimum Gasteiger partial charge on any atom is -0.349 e. The third-order valence-electron chi connectivity index (χ3n) is 4.25. The van der Waals surface area contributed by atoms with E-state index in [-0.39, 0.29) is 41.1 Å². The predicted molar refractivity (Wildman–Crippen MR) is 102 cm³/mol. The van der Waals surface area contributed by atoms with Crippen molar-refractivity contribution in [2.45, 2.75) is 19.2 Å². The van der Waals surface area contributed by atoms with E-state index in [2.05, 4.69) is 0 Å². The van der Waals surface area contributed by atoms with E-state index in [1.165, 1.54) is 9.80 Å². The molecule has 0 unspecified atom stereocenters. The van der Waals surface area contributed by atoms with Crippen LogP contribution in [0.2, 0.25) is 0 Å². The molecule has 0 spiro atoms. The van der Waals surface area contributed by atoms with Gasteiger partial charge in [0, 0.05) is 25.3 Å². The van der Waals surface area contributed by atoms with Crippen LogP contribution < -0.4 is 4.90 Å². The molecule has 2 saturated heterocycles. The molecule has 0 N–H and O–H groups in total. The van der Waals surface area contributed by atoms with Gasteiger partial charge >= 0.3 is 0 Å². The van der Waals surface area contributed by atoms with Crippen molar-refractivity contribution in [1.82, 2.24) is 9.80 Å². The molecule has 2 aliphatic heterocycles. The van der Waals surface area contributed by atoms with Crippen molar-refractivity contribution in [3.05, 3.63) is 29.8 Å². The van der Waals surface area contributed by atoms with Crippen molar-refractivity contribution in [2.24, 2.45) is 0 Å². The zero-order chi connectivity index (χ0) is 18.8. The zero-order valence-corrected chi connectivity index (χ0v) is 16.1. The fourth-order valence-electron chi connectivity index (χ4n) is 2.91. The molecule has 4 amide bonds. The number of hydrogen-bond acceptors (Lipinski definition) is 7. The number of carbonyl (C=O) groups excluding carboxylic acids is 4. The van der Waals surface area contributed by atoms with Gasteiger partial charge in [-0.15, -0.1) is 0 Å². The number of amides is 4. The number of aryl methyl sites for hydroxylation is 1. The first kappa shape index (κ1) is 18.8. The van der Waals surface area contributed by atoms with E-state index in [0.29, 0.717) is 6.54 Å². The first-order valence-electron chi connectivity index (χ1n) is 8.24. The Balaban J connectivity index is 1.85. The average molecular weight is 393 g/mol. The first-order valence-corrected chi connectivity index (χ1v) is 10.1. The van der Waals surface area contributed by atoms with Crippen LogP contribution in [0.4, 0.5) is 15.3 Å². The summed E-state index contributed by atoms with van der Waals surface area (Å²) in [6.45, 7) is 4.50. The Morgan fingerprint density at radius 3 is 2.50 bits per heavy atom. The third kappa shape index (κ3) is 3.59. The molecule has 2 heterocycles. The number of thioether (sulfide) groups is 2. The van der Waals surface area contributed by atoms with Crippen LogP contribution in [0.1, 0.15) is 12.5 Å². The molecule has 0 aromatic heterocycles. The number of likely N-dealkylation sites (N-methyl/N-ethyl adjacent to an activating group) is 1. The van der Waals surface area contributed by atoms with Gasteiger partial charge in [0.15, 0.2) is 5.37 Å². The molecular formula is C17H19N3O4S2. The summed E-state index contributed by atoms with van der Waals surface area (Å²) < 4.78 is 0. The van der Waals surface area contributed by atoms with E-state index in [0.717, 1.165) is 34.8 Å². The van der Waals surface area contributed by atoms with Gasteiger partial charge in [-0.25, -0.2) is 0 Å². The summed E-state index contributed by atoms with van der Waals surface area (Å²) in [5.41, 5.74) is 1.80. The van der Waals surface area contributed by atoms with Crippen LogP contribution >= 0.6 is 23.5 Å². The second-order valence-corrected chi connectivity index (χ2v) is 7.91. The summed E-state index contributed by atoms with van der Waals surface area (Å²) in [6, 6.07) is 7.61. The fourth-order valence-corrected chi connectivity index (χ4v) is 4.78. The number of imide groups is 2. The summed E-state index contributed by atoms with van der Waals surface area (Å²) >= 11 is 1.95. The van der Waals surface area contributed by atoms with Gasteiger partial charge in [-0.3, -0.25) is 29.0 Å². The zero-order valence-electron chi connectivity index (χ0n) is 14.5. The number of benzene rings is 1. The standard InChI is InChI=1S/C17H19N3O4S2/c1-3-18-14(22)15(26-17(18)24)19(12-6-4-5-11(2)9-12)7-8-20-13(21)10-25-16(20)23/h4-6,9,15H,3,7-8,10H2,1-2H3/t15-/m1/s1. The monoisotopic (exact) mass is 393 g/mol. The largest absolute Gasteiger partial charge is 0.349 e. The Morgan fingerprint density at radius 2 is 1.92 bits per heavy atom. The van der Waals surface area contributed by atoms with E-state index < -0.39 is 5.37 Å².